The molecule has 0 fully saturated rings. The fraction of sp³-hybridized carbons (Fsp3) is 0.263. The molecule has 7 heteroatoms. The molecule has 2 aromatic rings. The SMILES string of the molecule is CN(C)c1ccc(/C=N\NC(=O)CCCOc2ccc(Cl)cc2Cl)cc1. The standard InChI is InChI=1S/C19H21Cl2N3O2/c1-24(2)16-8-5-14(6-9-16)13-22-23-19(25)4-3-11-26-18-10-7-15(20)12-17(18)21/h5-10,12-13H,3-4,11H2,1-2H3,(H,23,25)/b22-13-. The van der Waals surface area contributed by atoms with Gasteiger partial charge in [-0.3, -0.25) is 4.79 Å². The molecule has 0 saturated heterocycles. The van der Waals surface area contributed by atoms with E-state index in [4.69, 9.17) is 27.9 Å². The lowest BCUT2D eigenvalue weighted by atomic mass is 10.2. The lowest BCUT2D eigenvalue weighted by Crippen LogP contribution is -2.18. The number of rotatable bonds is 8. The molecule has 0 aliphatic rings. The minimum absolute atomic E-state index is 0.169. The summed E-state index contributed by atoms with van der Waals surface area (Å²) in [7, 11) is 3.96. The van der Waals surface area contributed by atoms with Crippen molar-refractivity contribution >= 4 is 41.0 Å². The third-order valence-electron chi connectivity index (χ3n) is 3.51. The number of nitrogens with one attached hydrogen (secondary N) is 1. The molecule has 0 saturated carbocycles. The maximum atomic E-state index is 11.8. The molecular formula is C19H21Cl2N3O2. The number of halogens is 2. The van der Waals surface area contributed by atoms with Crippen LogP contribution in [0.4, 0.5) is 5.69 Å². The molecule has 0 bridgehead atoms. The molecule has 0 spiro atoms. The second-order valence-electron chi connectivity index (χ2n) is 5.81. The molecule has 138 valence electrons. The van der Waals surface area contributed by atoms with Gasteiger partial charge in [0.05, 0.1) is 17.8 Å². The van der Waals surface area contributed by atoms with Gasteiger partial charge in [-0.25, -0.2) is 5.43 Å². The van der Waals surface area contributed by atoms with Crippen LogP contribution in [0, 0.1) is 0 Å². The van der Waals surface area contributed by atoms with Crippen molar-refractivity contribution in [3.8, 4) is 5.75 Å². The minimum atomic E-state index is -0.169. The van der Waals surface area contributed by atoms with Gasteiger partial charge >= 0.3 is 0 Å². The molecule has 1 N–H and O–H groups in total. The van der Waals surface area contributed by atoms with Gasteiger partial charge in [-0.05, 0) is 42.3 Å². The maximum absolute atomic E-state index is 11.8. The first-order valence-corrected chi connectivity index (χ1v) is 8.88. The topological polar surface area (TPSA) is 53.9 Å². The molecule has 0 unspecified atom stereocenters. The van der Waals surface area contributed by atoms with E-state index in [2.05, 4.69) is 10.5 Å². The van der Waals surface area contributed by atoms with Crippen LogP contribution in [-0.4, -0.2) is 32.8 Å². The number of ether oxygens (including phenoxy) is 1. The monoisotopic (exact) mass is 393 g/mol. The summed E-state index contributed by atoms with van der Waals surface area (Å²) in [5.41, 5.74) is 4.52. The zero-order valence-electron chi connectivity index (χ0n) is 14.7. The summed E-state index contributed by atoms with van der Waals surface area (Å²) in [6.07, 6.45) is 2.47. The third kappa shape index (κ3) is 6.58. The van der Waals surface area contributed by atoms with Crippen LogP contribution < -0.4 is 15.1 Å². The fourth-order valence-electron chi connectivity index (χ4n) is 2.10. The van der Waals surface area contributed by atoms with Crippen molar-refractivity contribution in [2.45, 2.75) is 12.8 Å². The molecule has 0 heterocycles. The van der Waals surface area contributed by atoms with Gasteiger partial charge in [0, 0.05) is 31.2 Å². The molecule has 0 aromatic heterocycles. The predicted octanol–water partition coefficient (Wildman–Crippen LogP) is 4.37. The third-order valence-corrected chi connectivity index (χ3v) is 4.04. The zero-order valence-corrected chi connectivity index (χ0v) is 16.2. The van der Waals surface area contributed by atoms with E-state index in [1.807, 2.05) is 43.3 Å². The second kappa shape index (κ2) is 10.0. The van der Waals surface area contributed by atoms with Gasteiger partial charge in [0.2, 0.25) is 5.91 Å². The van der Waals surface area contributed by atoms with Gasteiger partial charge in [-0.2, -0.15) is 5.10 Å². The molecule has 0 atom stereocenters. The summed E-state index contributed by atoms with van der Waals surface area (Å²) >= 11 is 11.8. The first kappa shape index (κ1) is 20.1. The Labute approximate surface area is 163 Å². The number of hydrogen-bond acceptors (Lipinski definition) is 4. The zero-order chi connectivity index (χ0) is 18.9. The van der Waals surface area contributed by atoms with Crippen LogP contribution >= 0.6 is 23.2 Å². The molecule has 5 nitrogen and oxygen atoms in total. The highest BCUT2D eigenvalue weighted by atomic mass is 35.5. The van der Waals surface area contributed by atoms with E-state index in [-0.39, 0.29) is 5.91 Å². The van der Waals surface area contributed by atoms with Crippen molar-refractivity contribution in [3.63, 3.8) is 0 Å². The number of benzene rings is 2. The van der Waals surface area contributed by atoms with Crippen LogP contribution in [0.2, 0.25) is 10.0 Å². The number of amides is 1. The summed E-state index contributed by atoms with van der Waals surface area (Å²) in [6.45, 7) is 0.379. The van der Waals surface area contributed by atoms with Crippen LogP contribution in [0.1, 0.15) is 18.4 Å². The molecule has 0 aliphatic heterocycles. The average Bonchev–Trinajstić information content (AvgIpc) is 2.60. The number of carbonyl (C=O) groups is 1. The van der Waals surface area contributed by atoms with Crippen molar-refractivity contribution in [2.24, 2.45) is 5.10 Å². The van der Waals surface area contributed by atoms with Crippen LogP contribution in [-0.2, 0) is 4.79 Å². The average molecular weight is 394 g/mol. The van der Waals surface area contributed by atoms with E-state index in [9.17, 15) is 4.79 Å². The maximum Gasteiger partial charge on any atom is 0.240 e. The smallest absolute Gasteiger partial charge is 0.240 e. The largest absolute Gasteiger partial charge is 0.492 e. The van der Waals surface area contributed by atoms with Gasteiger partial charge in [0.25, 0.3) is 0 Å². The van der Waals surface area contributed by atoms with Gasteiger partial charge < -0.3 is 9.64 Å². The lowest BCUT2D eigenvalue weighted by Gasteiger charge is -2.11. The van der Waals surface area contributed by atoms with Crippen molar-refractivity contribution < 1.29 is 9.53 Å². The van der Waals surface area contributed by atoms with Crippen LogP contribution in [0.5, 0.6) is 5.75 Å². The summed E-state index contributed by atoms with van der Waals surface area (Å²) in [4.78, 5) is 13.8. The Kier molecular flexibility index (Phi) is 7.75. The number of anilines is 1. The van der Waals surface area contributed by atoms with Gasteiger partial charge in [0.15, 0.2) is 0 Å². The molecular weight excluding hydrogens is 373 g/mol. The van der Waals surface area contributed by atoms with E-state index in [1.165, 1.54) is 0 Å². The summed E-state index contributed by atoms with van der Waals surface area (Å²) in [5.74, 6) is 0.382. The fourth-order valence-corrected chi connectivity index (χ4v) is 2.56. The molecule has 2 aromatic carbocycles. The number of hydrazone groups is 1. The quantitative estimate of drug-likeness (QED) is 0.411. The number of hydrogen-bond donors (Lipinski definition) is 1. The highest BCUT2D eigenvalue weighted by Gasteiger charge is 2.04. The Balaban J connectivity index is 1.68. The normalized spacial score (nSPS) is 10.8. The molecule has 0 aliphatic carbocycles. The van der Waals surface area contributed by atoms with Crippen LogP contribution in [0.15, 0.2) is 47.6 Å². The van der Waals surface area contributed by atoms with E-state index >= 15 is 0 Å². The number of nitrogens with zero attached hydrogens (tertiary/aromatic N) is 2. The minimum Gasteiger partial charge on any atom is -0.492 e. The van der Waals surface area contributed by atoms with Crippen LogP contribution in [0.25, 0.3) is 0 Å². The van der Waals surface area contributed by atoms with Gasteiger partial charge in [0.1, 0.15) is 5.75 Å². The first-order valence-electron chi connectivity index (χ1n) is 8.13. The van der Waals surface area contributed by atoms with Crippen molar-refractivity contribution in [2.75, 3.05) is 25.6 Å². The second-order valence-corrected chi connectivity index (χ2v) is 6.65. The lowest BCUT2D eigenvalue weighted by molar-refractivity contribution is -0.121. The van der Waals surface area contributed by atoms with Gasteiger partial charge in [-0.15, -0.1) is 0 Å². The van der Waals surface area contributed by atoms with Crippen LogP contribution in [0.3, 0.4) is 0 Å². The van der Waals surface area contributed by atoms with E-state index in [1.54, 1.807) is 24.4 Å². The Bertz CT molecular complexity index is 762. The Morgan fingerprint density at radius 3 is 2.58 bits per heavy atom. The predicted molar refractivity (Wildman–Crippen MR) is 108 cm³/mol. The van der Waals surface area contributed by atoms with E-state index in [0.717, 1.165) is 11.3 Å². The number of carbonyl (C=O) groups excluding carboxylic acids is 1. The Morgan fingerprint density at radius 2 is 1.92 bits per heavy atom. The van der Waals surface area contributed by atoms with Crippen molar-refractivity contribution in [3.05, 3.63) is 58.1 Å². The highest BCUT2D eigenvalue weighted by molar-refractivity contribution is 6.35. The summed E-state index contributed by atoms with van der Waals surface area (Å²) in [6, 6.07) is 12.9. The van der Waals surface area contributed by atoms with Crippen molar-refractivity contribution in [1.82, 2.24) is 5.43 Å². The molecule has 26 heavy (non-hydrogen) atoms. The Hall–Kier alpha value is -2.24. The molecule has 2 rings (SSSR count). The molecule has 0 radical (unpaired) electrons. The first-order chi connectivity index (χ1) is 12.5. The summed E-state index contributed by atoms with van der Waals surface area (Å²) in [5, 5.41) is 4.96. The van der Waals surface area contributed by atoms with Crippen molar-refractivity contribution in [1.29, 1.82) is 0 Å². The van der Waals surface area contributed by atoms with E-state index < -0.39 is 0 Å². The van der Waals surface area contributed by atoms with Gasteiger partial charge in [-0.1, -0.05) is 35.3 Å². The highest BCUT2D eigenvalue weighted by Crippen LogP contribution is 2.27. The molecule has 1 amide bonds. The Morgan fingerprint density at radius 1 is 1.19 bits per heavy atom. The summed E-state index contributed by atoms with van der Waals surface area (Å²) < 4.78 is 5.53. The van der Waals surface area contributed by atoms with E-state index in [0.29, 0.717) is 35.2 Å².